The van der Waals surface area contributed by atoms with Crippen LogP contribution < -0.4 is 5.32 Å². The van der Waals surface area contributed by atoms with Gasteiger partial charge >= 0.3 is 5.97 Å². The predicted octanol–water partition coefficient (Wildman–Crippen LogP) is 3.40. The van der Waals surface area contributed by atoms with Crippen LogP contribution in [0.15, 0.2) is 34.7 Å². The maximum absolute atomic E-state index is 12.4. The van der Waals surface area contributed by atoms with Crippen molar-refractivity contribution in [3.63, 3.8) is 0 Å². The molecule has 0 radical (unpaired) electrons. The van der Waals surface area contributed by atoms with Gasteiger partial charge in [-0.25, -0.2) is 9.78 Å². The number of imidazole rings is 1. The molecular formula is C19H21N3O4. The number of aryl methyl sites for hydroxylation is 1. The van der Waals surface area contributed by atoms with Crippen LogP contribution >= 0.6 is 0 Å². The van der Waals surface area contributed by atoms with Gasteiger partial charge in [0.2, 0.25) is 0 Å². The molecule has 0 fully saturated rings. The van der Waals surface area contributed by atoms with Crippen molar-refractivity contribution < 1.29 is 19.1 Å². The van der Waals surface area contributed by atoms with Gasteiger partial charge in [0.25, 0.3) is 5.91 Å². The minimum atomic E-state index is -1.11. The minimum Gasteiger partial charge on any atom is -0.478 e. The first kappa shape index (κ1) is 17.7. The molecule has 0 atom stereocenters. The van der Waals surface area contributed by atoms with Crippen molar-refractivity contribution in [2.75, 3.05) is 0 Å². The molecule has 0 aliphatic carbocycles. The first-order valence-electron chi connectivity index (χ1n) is 8.52. The third kappa shape index (κ3) is 3.20. The van der Waals surface area contributed by atoms with E-state index >= 15 is 0 Å². The van der Waals surface area contributed by atoms with Gasteiger partial charge in [0.05, 0.1) is 17.6 Å². The Morgan fingerprint density at radius 1 is 1.31 bits per heavy atom. The van der Waals surface area contributed by atoms with Crippen LogP contribution in [0.1, 0.15) is 59.3 Å². The highest BCUT2D eigenvalue weighted by molar-refractivity contribution is 5.96. The number of aromatic nitrogens is 2. The summed E-state index contributed by atoms with van der Waals surface area (Å²) in [5.41, 5.74) is 1.89. The molecule has 7 heteroatoms. The Labute approximate surface area is 150 Å². The average Bonchev–Trinajstić information content (AvgIpc) is 3.20. The SMILES string of the molecule is CCc1oc(C(=O)NCc2nc3ccccc3n2C(C)C)cc1C(=O)O. The second-order valence-corrected chi connectivity index (χ2v) is 6.27. The number of carbonyl (C=O) groups excluding carboxylic acids is 1. The van der Waals surface area contributed by atoms with E-state index in [1.54, 1.807) is 6.92 Å². The molecule has 26 heavy (non-hydrogen) atoms. The summed E-state index contributed by atoms with van der Waals surface area (Å²) >= 11 is 0. The lowest BCUT2D eigenvalue weighted by Crippen LogP contribution is -2.24. The van der Waals surface area contributed by atoms with Crippen LogP contribution in [-0.4, -0.2) is 26.5 Å². The van der Waals surface area contributed by atoms with Gasteiger partial charge in [0.15, 0.2) is 5.76 Å². The largest absolute Gasteiger partial charge is 0.478 e. The van der Waals surface area contributed by atoms with Gasteiger partial charge in [-0.05, 0) is 26.0 Å². The molecule has 7 nitrogen and oxygen atoms in total. The second-order valence-electron chi connectivity index (χ2n) is 6.27. The number of carbonyl (C=O) groups is 2. The molecule has 1 amide bonds. The summed E-state index contributed by atoms with van der Waals surface area (Å²) in [6, 6.07) is 9.25. The molecule has 3 aromatic rings. The van der Waals surface area contributed by atoms with Gasteiger partial charge in [0, 0.05) is 18.5 Å². The van der Waals surface area contributed by atoms with Crippen LogP contribution in [0.2, 0.25) is 0 Å². The van der Waals surface area contributed by atoms with Crippen molar-refractivity contribution in [3.8, 4) is 0 Å². The molecule has 0 aliphatic rings. The Morgan fingerprint density at radius 2 is 2.04 bits per heavy atom. The van der Waals surface area contributed by atoms with Crippen molar-refractivity contribution >= 4 is 22.9 Å². The van der Waals surface area contributed by atoms with Gasteiger partial charge in [-0.3, -0.25) is 4.79 Å². The van der Waals surface area contributed by atoms with Crippen molar-refractivity contribution in [1.29, 1.82) is 0 Å². The summed E-state index contributed by atoms with van der Waals surface area (Å²) in [5, 5.41) is 11.9. The van der Waals surface area contributed by atoms with E-state index in [-0.39, 0.29) is 29.7 Å². The summed E-state index contributed by atoms with van der Waals surface area (Å²) in [6.45, 7) is 6.10. The lowest BCUT2D eigenvalue weighted by molar-refractivity contribution is 0.0694. The molecule has 2 heterocycles. The first-order chi connectivity index (χ1) is 12.4. The molecule has 136 valence electrons. The van der Waals surface area contributed by atoms with Crippen LogP contribution in [0, 0.1) is 0 Å². The standard InChI is InChI=1S/C19H21N3O4/c1-4-15-12(19(24)25)9-16(26-15)18(23)20-10-17-21-13-7-5-6-8-14(13)22(17)11(2)3/h5-9,11H,4,10H2,1-3H3,(H,20,23)(H,24,25). The number of furan rings is 1. The maximum Gasteiger partial charge on any atom is 0.339 e. The van der Waals surface area contributed by atoms with E-state index in [0.717, 1.165) is 16.9 Å². The van der Waals surface area contributed by atoms with E-state index in [4.69, 9.17) is 4.42 Å². The first-order valence-corrected chi connectivity index (χ1v) is 8.52. The number of amides is 1. The van der Waals surface area contributed by atoms with Crippen molar-refractivity contribution in [2.45, 2.75) is 39.8 Å². The van der Waals surface area contributed by atoms with Crippen molar-refractivity contribution in [3.05, 3.63) is 53.2 Å². The summed E-state index contributed by atoms with van der Waals surface area (Å²) < 4.78 is 7.46. The number of carboxylic acids is 1. The molecule has 1 aromatic carbocycles. The van der Waals surface area contributed by atoms with E-state index < -0.39 is 11.9 Å². The molecule has 3 rings (SSSR count). The zero-order valence-corrected chi connectivity index (χ0v) is 14.9. The maximum atomic E-state index is 12.4. The second kappa shape index (κ2) is 7.03. The minimum absolute atomic E-state index is 0.00791. The molecule has 0 aliphatic heterocycles. The van der Waals surface area contributed by atoms with Gasteiger partial charge < -0.3 is 19.4 Å². The number of benzene rings is 1. The Hall–Kier alpha value is -3.09. The topological polar surface area (TPSA) is 97.4 Å². The average molecular weight is 355 g/mol. The molecule has 0 saturated carbocycles. The number of carboxylic acid groups (broad SMARTS) is 1. The smallest absolute Gasteiger partial charge is 0.339 e. The van der Waals surface area contributed by atoms with E-state index in [0.29, 0.717) is 6.42 Å². The van der Waals surface area contributed by atoms with Crippen molar-refractivity contribution in [2.24, 2.45) is 0 Å². The molecule has 2 aromatic heterocycles. The Morgan fingerprint density at radius 3 is 2.65 bits per heavy atom. The third-order valence-electron chi connectivity index (χ3n) is 4.18. The van der Waals surface area contributed by atoms with E-state index in [1.165, 1.54) is 6.07 Å². The Balaban J connectivity index is 1.83. The lowest BCUT2D eigenvalue weighted by atomic mass is 10.2. The highest BCUT2D eigenvalue weighted by Gasteiger charge is 2.21. The molecule has 0 spiro atoms. The molecule has 0 bridgehead atoms. The highest BCUT2D eigenvalue weighted by Crippen LogP contribution is 2.21. The monoisotopic (exact) mass is 355 g/mol. The molecular weight excluding hydrogens is 334 g/mol. The zero-order chi connectivity index (χ0) is 18.8. The molecule has 0 saturated heterocycles. The van der Waals surface area contributed by atoms with Gasteiger partial charge in [-0.1, -0.05) is 19.1 Å². The molecule has 2 N–H and O–H groups in total. The van der Waals surface area contributed by atoms with Crippen molar-refractivity contribution in [1.82, 2.24) is 14.9 Å². The van der Waals surface area contributed by atoms with Crippen LogP contribution in [0.3, 0.4) is 0 Å². The predicted molar refractivity (Wildman–Crippen MR) is 96.3 cm³/mol. The number of hydrogen-bond acceptors (Lipinski definition) is 4. The number of nitrogens with one attached hydrogen (secondary N) is 1. The van der Waals surface area contributed by atoms with Crippen LogP contribution in [0.5, 0.6) is 0 Å². The number of aromatic carboxylic acids is 1. The summed E-state index contributed by atoms with van der Waals surface area (Å²) in [4.78, 5) is 28.2. The Kier molecular flexibility index (Phi) is 4.79. The summed E-state index contributed by atoms with van der Waals surface area (Å²) in [7, 11) is 0. The van der Waals surface area contributed by atoms with E-state index in [2.05, 4.69) is 28.7 Å². The third-order valence-corrected chi connectivity index (χ3v) is 4.18. The lowest BCUT2D eigenvalue weighted by Gasteiger charge is -2.13. The summed E-state index contributed by atoms with van der Waals surface area (Å²) in [5.74, 6) is -0.556. The van der Waals surface area contributed by atoms with Gasteiger partial charge in [-0.15, -0.1) is 0 Å². The fourth-order valence-electron chi connectivity index (χ4n) is 3.03. The van der Waals surface area contributed by atoms with E-state index in [1.807, 2.05) is 24.3 Å². The highest BCUT2D eigenvalue weighted by atomic mass is 16.4. The normalized spacial score (nSPS) is 11.2. The fraction of sp³-hybridized carbons (Fsp3) is 0.316. The quantitative estimate of drug-likeness (QED) is 0.706. The number of nitrogens with zero attached hydrogens (tertiary/aromatic N) is 2. The number of fused-ring (bicyclic) bond motifs is 1. The summed E-state index contributed by atoms with van der Waals surface area (Å²) in [6.07, 6.45) is 0.401. The molecule has 0 unspecified atom stereocenters. The Bertz CT molecular complexity index is 968. The number of para-hydroxylation sites is 2. The zero-order valence-electron chi connectivity index (χ0n) is 14.9. The van der Waals surface area contributed by atoms with Crippen LogP contribution in [0.25, 0.3) is 11.0 Å². The van der Waals surface area contributed by atoms with Crippen LogP contribution in [0.4, 0.5) is 0 Å². The number of rotatable bonds is 6. The van der Waals surface area contributed by atoms with Gasteiger partial charge in [0.1, 0.15) is 17.1 Å². The fourth-order valence-corrected chi connectivity index (χ4v) is 3.03. The van der Waals surface area contributed by atoms with Gasteiger partial charge in [-0.2, -0.15) is 0 Å². The van der Waals surface area contributed by atoms with E-state index in [9.17, 15) is 14.7 Å². The van der Waals surface area contributed by atoms with Crippen LogP contribution in [-0.2, 0) is 13.0 Å². The number of hydrogen-bond donors (Lipinski definition) is 2.